The average molecular weight is 346 g/mol. The van der Waals surface area contributed by atoms with Crippen molar-refractivity contribution in [3.05, 3.63) is 51.6 Å². The van der Waals surface area contributed by atoms with Crippen molar-refractivity contribution in [1.82, 2.24) is 4.68 Å². The highest BCUT2D eigenvalue weighted by atomic mass is 35.5. The Balaban J connectivity index is 1.97. The summed E-state index contributed by atoms with van der Waals surface area (Å²) in [7, 11) is 0. The van der Waals surface area contributed by atoms with Crippen molar-refractivity contribution in [3.8, 4) is 11.3 Å². The first-order valence-electron chi connectivity index (χ1n) is 7.94. The van der Waals surface area contributed by atoms with Crippen LogP contribution >= 0.6 is 22.9 Å². The molecule has 0 aliphatic heterocycles. The summed E-state index contributed by atoms with van der Waals surface area (Å²) in [4.78, 5) is 5.49. The number of hydrogen-bond acceptors (Lipinski definition) is 3. The maximum absolute atomic E-state index is 6.00. The monoisotopic (exact) mass is 345 g/mol. The molecule has 0 bridgehead atoms. The molecule has 1 unspecified atom stereocenters. The van der Waals surface area contributed by atoms with Gasteiger partial charge >= 0.3 is 0 Å². The van der Waals surface area contributed by atoms with E-state index < -0.39 is 0 Å². The molecule has 0 fully saturated rings. The van der Waals surface area contributed by atoms with Crippen LogP contribution in [0.25, 0.3) is 11.3 Å². The molecule has 1 aromatic carbocycles. The first-order valence-corrected chi connectivity index (χ1v) is 9.20. The number of rotatable bonds is 4. The second-order valence-electron chi connectivity index (χ2n) is 5.51. The van der Waals surface area contributed by atoms with Crippen LogP contribution in [0.5, 0.6) is 0 Å². The molecule has 1 heterocycles. The molecule has 3 nitrogen and oxygen atoms in total. The molecule has 5 heteroatoms. The number of benzene rings is 1. The van der Waals surface area contributed by atoms with E-state index in [0.717, 1.165) is 40.5 Å². The fourth-order valence-electron chi connectivity index (χ4n) is 2.59. The van der Waals surface area contributed by atoms with E-state index >= 15 is 0 Å². The van der Waals surface area contributed by atoms with Crippen molar-refractivity contribution < 1.29 is 0 Å². The van der Waals surface area contributed by atoms with Crippen LogP contribution in [0, 0.1) is 5.92 Å². The van der Waals surface area contributed by atoms with Crippen molar-refractivity contribution in [2.45, 2.75) is 26.2 Å². The van der Waals surface area contributed by atoms with Crippen LogP contribution in [0.15, 0.2) is 51.9 Å². The lowest BCUT2D eigenvalue weighted by atomic mass is 9.96. The maximum atomic E-state index is 6.00. The second-order valence-corrected chi connectivity index (χ2v) is 6.78. The molecule has 0 N–H and O–H groups in total. The van der Waals surface area contributed by atoms with E-state index in [0.29, 0.717) is 5.92 Å². The van der Waals surface area contributed by atoms with Crippen LogP contribution < -0.4 is 4.80 Å². The van der Waals surface area contributed by atoms with Crippen LogP contribution in [0.1, 0.15) is 26.2 Å². The lowest BCUT2D eigenvalue weighted by molar-refractivity contribution is 0.621. The molecule has 1 aromatic heterocycles. The van der Waals surface area contributed by atoms with Crippen molar-refractivity contribution in [3.63, 3.8) is 0 Å². The Kier molecular flexibility index (Phi) is 5.47. The lowest BCUT2D eigenvalue weighted by Crippen LogP contribution is -2.14. The van der Waals surface area contributed by atoms with Gasteiger partial charge in [0, 0.05) is 28.7 Å². The minimum Gasteiger partial charge on any atom is -0.258 e. The van der Waals surface area contributed by atoms with Gasteiger partial charge in [0.2, 0.25) is 4.80 Å². The first kappa shape index (κ1) is 16.2. The van der Waals surface area contributed by atoms with Crippen molar-refractivity contribution in [2.24, 2.45) is 16.0 Å². The highest BCUT2D eigenvalue weighted by Gasteiger charge is 2.10. The minimum atomic E-state index is 0.514. The third-order valence-electron chi connectivity index (χ3n) is 3.82. The number of allylic oxidation sites excluding steroid dienone is 2. The zero-order valence-electron chi connectivity index (χ0n) is 13.2. The molecule has 2 aromatic rings. The van der Waals surface area contributed by atoms with Gasteiger partial charge in [-0.15, -0.1) is 11.3 Å². The number of hydrogen-bond donors (Lipinski definition) is 0. The van der Waals surface area contributed by atoms with Gasteiger partial charge in [0.25, 0.3) is 0 Å². The Bertz CT molecular complexity index is 768. The third kappa shape index (κ3) is 4.01. The number of thiazole rings is 1. The van der Waals surface area contributed by atoms with Crippen LogP contribution in [-0.2, 0) is 0 Å². The van der Waals surface area contributed by atoms with Crippen molar-refractivity contribution in [1.29, 1.82) is 0 Å². The van der Waals surface area contributed by atoms with Gasteiger partial charge in [-0.3, -0.25) is 4.99 Å². The number of halogens is 1. The zero-order chi connectivity index (χ0) is 16.1. The average Bonchev–Trinajstić information content (AvgIpc) is 2.98. The standard InChI is InChI=1S/C18H20ClN3S/c1-2-20-18-22(21-12-14-6-4-3-5-7-14)17(13-23-18)15-8-10-16(19)11-9-15/h3-4,8-14H,2,5-7H2,1H3. The molecule has 1 atom stereocenters. The fraction of sp³-hybridized carbons (Fsp3) is 0.333. The van der Waals surface area contributed by atoms with Gasteiger partial charge in [-0.25, -0.2) is 4.68 Å². The number of nitrogens with zero attached hydrogens (tertiary/aromatic N) is 3. The minimum absolute atomic E-state index is 0.514. The Hall–Kier alpha value is -1.65. The molecular formula is C18H20ClN3S. The smallest absolute Gasteiger partial charge is 0.206 e. The quantitative estimate of drug-likeness (QED) is 0.552. The van der Waals surface area contributed by atoms with Gasteiger partial charge in [0.1, 0.15) is 0 Å². The molecule has 3 rings (SSSR count). The van der Waals surface area contributed by atoms with Crippen molar-refractivity contribution >= 4 is 29.2 Å². The summed E-state index contributed by atoms with van der Waals surface area (Å²) < 4.78 is 1.95. The van der Waals surface area contributed by atoms with Crippen LogP contribution in [-0.4, -0.2) is 17.4 Å². The molecule has 23 heavy (non-hydrogen) atoms. The lowest BCUT2D eigenvalue weighted by Gasteiger charge is -2.12. The molecular weight excluding hydrogens is 326 g/mol. The second kappa shape index (κ2) is 7.75. The molecule has 0 amide bonds. The fourth-order valence-corrected chi connectivity index (χ4v) is 3.61. The molecule has 1 aliphatic carbocycles. The molecule has 0 spiro atoms. The predicted octanol–water partition coefficient (Wildman–Crippen LogP) is 4.98. The van der Waals surface area contributed by atoms with Gasteiger partial charge < -0.3 is 0 Å². The Morgan fingerprint density at radius 2 is 2.13 bits per heavy atom. The summed E-state index contributed by atoms with van der Waals surface area (Å²) in [6.45, 7) is 2.80. The van der Waals surface area contributed by atoms with E-state index in [9.17, 15) is 0 Å². The molecule has 120 valence electrons. The highest BCUT2D eigenvalue weighted by molar-refractivity contribution is 7.07. The predicted molar refractivity (Wildman–Crippen MR) is 99.2 cm³/mol. The Labute approximate surface area is 145 Å². The van der Waals surface area contributed by atoms with Gasteiger partial charge in [-0.05, 0) is 44.2 Å². The van der Waals surface area contributed by atoms with Crippen LogP contribution in [0.3, 0.4) is 0 Å². The van der Waals surface area contributed by atoms with Gasteiger partial charge in [0.05, 0.1) is 5.69 Å². The summed E-state index contributed by atoms with van der Waals surface area (Å²) in [5.74, 6) is 0.514. The Morgan fingerprint density at radius 1 is 1.30 bits per heavy atom. The summed E-state index contributed by atoms with van der Waals surface area (Å²) in [5, 5.41) is 7.60. The topological polar surface area (TPSA) is 29.6 Å². The van der Waals surface area contributed by atoms with E-state index in [2.05, 4.69) is 28.7 Å². The van der Waals surface area contributed by atoms with E-state index in [1.165, 1.54) is 6.42 Å². The van der Waals surface area contributed by atoms with E-state index in [1.807, 2.05) is 35.9 Å². The van der Waals surface area contributed by atoms with E-state index in [4.69, 9.17) is 16.7 Å². The SMILES string of the molecule is CCN=c1scc(-c2ccc(Cl)cc2)n1N=CC1CC=CCC1. The maximum Gasteiger partial charge on any atom is 0.206 e. The van der Waals surface area contributed by atoms with Crippen LogP contribution in [0.2, 0.25) is 5.02 Å². The highest BCUT2D eigenvalue weighted by Crippen LogP contribution is 2.23. The van der Waals surface area contributed by atoms with Crippen LogP contribution in [0.4, 0.5) is 0 Å². The number of aromatic nitrogens is 1. The van der Waals surface area contributed by atoms with E-state index in [-0.39, 0.29) is 0 Å². The molecule has 0 saturated carbocycles. The first-order chi connectivity index (χ1) is 11.3. The summed E-state index contributed by atoms with van der Waals surface area (Å²) in [5.41, 5.74) is 2.16. The third-order valence-corrected chi connectivity index (χ3v) is 4.93. The van der Waals surface area contributed by atoms with E-state index in [1.54, 1.807) is 11.3 Å². The van der Waals surface area contributed by atoms with Gasteiger partial charge in [-0.1, -0.05) is 35.9 Å². The molecule has 0 saturated heterocycles. The molecule has 1 aliphatic rings. The Morgan fingerprint density at radius 3 is 2.83 bits per heavy atom. The summed E-state index contributed by atoms with van der Waals surface area (Å²) >= 11 is 7.62. The zero-order valence-corrected chi connectivity index (χ0v) is 14.7. The summed E-state index contributed by atoms with van der Waals surface area (Å²) in [6, 6.07) is 7.86. The summed E-state index contributed by atoms with van der Waals surface area (Å²) in [6.07, 6.45) is 9.95. The van der Waals surface area contributed by atoms with Gasteiger partial charge in [-0.2, -0.15) is 5.10 Å². The molecule has 0 radical (unpaired) electrons. The van der Waals surface area contributed by atoms with Crippen molar-refractivity contribution in [2.75, 3.05) is 6.54 Å². The normalized spacial score (nSPS) is 18.9. The van der Waals surface area contributed by atoms with Gasteiger partial charge in [0.15, 0.2) is 0 Å². The largest absolute Gasteiger partial charge is 0.258 e.